The number of rotatable bonds is 3. The van der Waals surface area contributed by atoms with E-state index in [2.05, 4.69) is 26.9 Å². The Balaban J connectivity index is 0.000000352. The van der Waals surface area contributed by atoms with Crippen LogP contribution in [0.5, 0.6) is 0 Å². The molecule has 1 saturated carbocycles. The van der Waals surface area contributed by atoms with E-state index in [1.165, 1.54) is 70.3 Å². The smallest absolute Gasteiger partial charge is 0.414 e. The number of pyridine rings is 1. The van der Waals surface area contributed by atoms with Crippen LogP contribution in [0, 0.1) is 0 Å². The van der Waals surface area contributed by atoms with Crippen molar-refractivity contribution in [3.8, 4) is 0 Å². The van der Waals surface area contributed by atoms with Gasteiger partial charge in [0.1, 0.15) is 0 Å². The number of nitrogens with zero attached hydrogens (tertiary/aromatic N) is 3. The van der Waals surface area contributed by atoms with Crippen molar-refractivity contribution in [3.63, 3.8) is 0 Å². The molecular formula is C19H29N3O4. The molecule has 0 bridgehead atoms. The van der Waals surface area contributed by atoms with Crippen LogP contribution in [0.1, 0.15) is 44.1 Å². The van der Waals surface area contributed by atoms with Gasteiger partial charge in [-0.1, -0.05) is 25.7 Å². The first kappa shape index (κ1) is 20.3. The molecule has 1 aliphatic heterocycles. The van der Waals surface area contributed by atoms with Gasteiger partial charge in [-0.15, -0.1) is 0 Å². The van der Waals surface area contributed by atoms with Crippen LogP contribution in [0.3, 0.4) is 0 Å². The molecule has 2 N–H and O–H groups in total. The van der Waals surface area contributed by atoms with Gasteiger partial charge >= 0.3 is 11.9 Å². The topological polar surface area (TPSA) is 94.0 Å². The molecule has 26 heavy (non-hydrogen) atoms. The summed E-state index contributed by atoms with van der Waals surface area (Å²) >= 11 is 0. The second-order valence-electron chi connectivity index (χ2n) is 6.92. The normalized spacial score (nSPS) is 19.8. The van der Waals surface area contributed by atoms with Gasteiger partial charge < -0.3 is 10.2 Å². The molecule has 0 spiro atoms. The SMILES string of the molecule is O=C(O)C(=O)O.c1cc(CN2CCN(C3CCCCCC3)CC2)ccn1. The van der Waals surface area contributed by atoms with Gasteiger partial charge in [-0.05, 0) is 30.5 Å². The van der Waals surface area contributed by atoms with Crippen LogP contribution in [0.25, 0.3) is 0 Å². The summed E-state index contributed by atoms with van der Waals surface area (Å²) in [5.41, 5.74) is 1.39. The van der Waals surface area contributed by atoms with Crippen molar-refractivity contribution in [2.24, 2.45) is 0 Å². The molecule has 2 heterocycles. The van der Waals surface area contributed by atoms with E-state index in [4.69, 9.17) is 19.8 Å². The lowest BCUT2D eigenvalue weighted by Crippen LogP contribution is -2.49. The quantitative estimate of drug-likeness (QED) is 0.627. The zero-order valence-electron chi connectivity index (χ0n) is 15.2. The summed E-state index contributed by atoms with van der Waals surface area (Å²) < 4.78 is 0. The van der Waals surface area contributed by atoms with E-state index in [0.29, 0.717) is 0 Å². The number of carboxylic acids is 2. The Morgan fingerprint density at radius 1 is 0.923 bits per heavy atom. The van der Waals surface area contributed by atoms with Gasteiger partial charge in [0.2, 0.25) is 0 Å². The predicted octanol–water partition coefficient (Wildman–Crippen LogP) is 2.08. The van der Waals surface area contributed by atoms with Gasteiger partial charge in [0.05, 0.1) is 0 Å². The minimum atomic E-state index is -1.82. The third kappa shape index (κ3) is 7.09. The lowest BCUT2D eigenvalue weighted by Gasteiger charge is -2.39. The molecule has 2 aliphatic rings. The molecule has 0 atom stereocenters. The van der Waals surface area contributed by atoms with Crippen LogP contribution in [0.4, 0.5) is 0 Å². The summed E-state index contributed by atoms with van der Waals surface area (Å²) in [6.07, 6.45) is 12.5. The Morgan fingerprint density at radius 3 is 1.96 bits per heavy atom. The predicted molar refractivity (Wildman–Crippen MR) is 97.8 cm³/mol. The van der Waals surface area contributed by atoms with Crippen LogP contribution >= 0.6 is 0 Å². The Hall–Kier alpha value is -1.99. The van der Waals surface area contributed by atoms with Gasteiger partial charge in [-0.25, -0.2) is 9.59 Å². The van der Waals surface area contributed by atoms with E-state index >= 15 is 0 Å². The Labute approximate surface area is 154 Å². The minimum absolute atomic E-state index is 0.876. The van der Waals surface area contributed by atoms with E-state index in [1.807, 2.05) is 12.4 Å². The summed E-state index contributed by atoms with van der Waals surface area (Å²) in [4.78, 5) is 27.6. The molecule has 144 valence electrons. The maximum atomic E-state index is 9.10. The van der Waals surface area contributed by atoms with Crippen molar-refractivity contribution in [1.82, 2.24) is 14.8 Å². The maximum absolute atomic E-state index is 9.10. The lowest BCUT2D eigenvalue weighted by atomic mass is 10.1. The second-order valence-corrected chi connectivity index (χ2v) is 6.92. The van der Waals surface area contributed by atoms with Crippen molar-refractivity contribution in [2.45, 2.75) is 51.1 Å². The Morgan fingerprint density at radius 2 is 1.46 bits per heavy atom. The molecule has 7 heteroatoms. The largest absolute Gasteiger partial charge is 0.473 e. The van der Waals surface area contributed by atoms with Crippen molar-refractivity contribution in [1.29, 1.82) is 0 Å². The van der Waals surface area contributed by atoms with Crippen LogP contribution in [0.15, 0.2) is 24.5 Å². The van der Waals surface area contributed by atoms with Crippen molar-refractivity contribution < 1.29 is 19.8 Å². The molecule has 0 unspecified atom stereocenters. The fourth-order valence-electron chi connectivity index (χ4n) is 3.66. The molecule has 1 aromatic heterocycles. The summed E-state index contributed by atoms with van der Waals surface area (Å²) in [6, 6.07) is 5.15. The number of aliphatic carboxylic acids is 2. The first-order valence-corrected chi connectivity index (χ1v) is 9.38. The van der Waals surface area contributed by atoms with Crippen molar-refractivity contribution >= 4 is 11.9 Å². The molecule has 7 nitrogen and oxygen atoms in total. The summed E-state index contributed by atoms with van der Waals surface area (Å²) in [6.45, 7) is 6.05. The summed E-state index contributed by atoms with van der Waals surface area (Å²) in [5.74, 6) is -3.65. The van der Waals surface area contributed by atoms with Gasteiger partial charge in [-0.2, -0.15) is 0 Å². The van der Waals surface area contributed by atoms with Gasteiger partial charge in [0.25, 0.3) is 0 Å². The van der Waals surface area contributed by atoms with E-state index in [-0.39, 0.29) is 0 Å². The Kier molecular flexibility index (Phi) is 8.50. The highest BCUT2D eigenvalue weighted by Crippen LogP contribution is 2.23. The molecule has 1 aromatic rings. The molecule has 2 fully saturated rings. The number of carbonyl (C=O) groups is 2. The number of carboxylic acid groups (broad SMARTS) is 2. The molecule has 1 saturated heterocycles. The molecule has 3 rings (SSSR count). The zero-order valence-corrected chi connectivity index (χ0v) is 15.2. The zero-order chi connectivity index (χ0) is 18.8. The van der Waals surface area contributed by atoms with E-state index in [1.54, 1.807) is 0 Å². The fourth-order valence-corrected chi connectivity index (χ4v) is 3.66. The first-order chi connectivity index (χ1) is 12.6. The van der Waals surface area contributed by atoms with Gasteiger partial charge in [-0.3, -0.25) is 14.8 Å². The molecule has 0 amide bonds. The molecular weight excluding hydrogens is 334 g/mol. The van der Waals surface area contributed by atoms with Crippen LogP contribution in [0.2, 0.25) is 0 Å². The third-order valence-corrected chi connectivity index (χ3v) is 5.09. The monoisotopic (exact) mass is 363 g/mol. The highest BCUT2D eigenvalue weighted by molar-refractivity contribution is 6.27. The van der Waals surface area contributed by atoms with Crippen LogP contribution in [-0.2, 0) is 16.1 Å². The van der Waals surface area contributed by atoms with Gasteiger partial charge in [0.15, 0.2) is 0 Å². The second kappa shape index (κ2) is 10.9. The lowest BCUT2D eigenvalue weighted by molar-refractivity contribution is -0.159. The number of aromatic nitrogens is 1. The molecule has 0 aromatic carbocycles. The minimum Gasteiger partial charge on any atom is -0.473 e. The highest BCUT2D eigenvalue weighted by Gasteiger charge is 2.24. The molecule has 1 aliphatic carbocycles. The summed E-state index contributed by atoms with van der Waals surface area (Å²) in [7, 11) is 0. The first-order valence-electron chi connectivity index (χ1n) is 9.38. The number of hydrogen-bond donors (Lipinski definition) is 2. The number of hydrogen-bond acceptors (Lipinski definition) is 5. The van der Waals surface area contributed by atoms with Crippen molar-refractivity contribution in [2.75, 3.05) is 26.2 Å². The van der Waals surface area contributed by atoms with E-state index in [9.17, 15) is 0 Å². The van der Waals surface area contributed by atoms with Gasteiger partial charge in [0, 0.05) is 51.2 Å². The Bertz CT molecular complexity index is 539. The fraction of sp³-hybridized carbons (Fsp3) is 0.632. The van der Waals surface area contributed by atoms with Crippen molar-refractivity contribution in [3.05, 3.63) is 30.1 Å². The molecule has 0 radical (unpaired) electrons. The van der Waals surface area contributed by atoms with Crippen LogP contribution in [-0.4, -0.2) is 69.2 Å². The van der Waals surface area contributed by atoms with E-state index in [0.717, 1.165) is 12.6 Å². The average molecular weight is 363 g/mol. The standard InChI is InChI=1S/C17H27N3.C2H2O4/c1-2-4-6-17(5-3-1)20-13-11-19(12-14-20)15-16-7-9-18-10-8-16;3-1(4)2(5)6/h7-10,17H,1-6,11-15H2;(H,3,4)(H,5,6). The highest BCUT2D eigenvalue weighted by atomic mass is 16.4. The van der Waals surface area contributed by atoms with E-state index < -0.39 is 11.9 Å². The maximum Gasteiger partial charge on any atom is 0.414 e. The number of piperazine rings is 1. The average Bonchev–Trinajstić information content (AvgIpc) is 2.93. The van der Waals surface area contributed by atoms with Crippen LogP contribution < -0.4 is 0 Å². The summed E-state index contributed by atoms with van der Waals surface area (Å²) in [5, 5.41) is 14.8. The third-order valence-electron chi connectivity index (χ3n) is 5.09.